The summed E-state index contributed by atoms with van der Waals surface area (Å²) in [4.78, 5) is 30.6. The normalized spacial score (nSPS) is 18.1. The van der Waals surface area contributed by atoms with E-state index >= 15 is 0 Å². The average Bonchev–Trinajstić information content (AvgIpc) is 3.21. The maximum Gasteiger partial charge on any atom is 0.295 e. The fourth-order valence-electron chi connectivity index (χ4n) is 4.89. The first-order chi connectivity index (χ1) is 18.9. The van der Waals surface area contributed by atoms with Crippen molar-refractivity contribution in [1.82, 2.24) is 9.80 Å². The van der Waals surface area contributed by atoms with Gasteiger partial charge in [-0.3, -0.25) is 9.59 Å². The highest BCUT2D eigenvalue weighted by Crippen LogP contribution is 2.43. The smallest absolute Gasteiger partial charge is 0.295 e. The van der Waals surface area contributed by atoms with Crippen LogP contribution in [-0.2, 0) is 9.59 Å². The van der Waals surface area contributed by atoms with Gasteiger partial charge in [0.25, 0.3) is 11.7 Å². The molecule has 0 saturated carbocycles. The lowest BCUT2D eigenvalue weighted by atomic mass is 9.94. The summed E-state index contributed by atoms with van der Waals surface area (Å²) in [5.41, 5.74) is 1.06. The van der Waals surface area contributed by atoms with Crippen LogP contribution < -0.4 is 18.9 Å². The van der Waals surface area contributed by atoms with E-state index in [4.69, 9.17) is 18.9 Å². The van der Waals surface area contributed by atoms with Gasteiger partial charge in [-0.2, -0.15) is 0 Å². The minimum absolute atomic E-state index is 0.0286. The summed E-state index contributed by atoms with van der Waals surface area (Å²) in [6.45, 7) is 12.4. The van der Waals surface area contributed by atoms with Crippen molar-refractivity contribution in [1.29, 1.82) is 0 Å². The lowest BCUT2D eigenvalue weighted by molar-refractivity contribution is -0.140. The summed E-state index contributed by atoms with van der Waals surface area (Å²) in [6.07, 6.45) is 0.842. The van der Waals surface area contributed by atoms with E-state index in [9.17, 15) is 14.7 Å². The molecule has 1 saturated heterocycles. The number of Topliss-reactive ketones (excluding diaryl/α,β-unsaturated/α-hetero) is 1. The number of aliphatic hydroxyl groups excluding tert-OH is 1. The molecule has 2 heterocycles. The minimum atomic E-state index is -0.798. The van der Waals surface area contributed by atoms with Crippen LogP contribution in [0, 0.1) is 0 Å². The van der Waals surface area contributed by atoms with E-state index in [1.165, 1.54) is 0 Å². The third-order valence-electron chi connectivity index (χ3n) is 6.95. The highest BCUT2D eigenvalue weighted by Gasteiger charge is 2.46. The Morgan fingerprint density at radius 2 is 1.72 bits per heavy atom. The molecule has 0 aromatic heterocycles. The Morgan fingerprint density at radius 1 is 0.974 bits per heavy atom. The predicted octanol–water partition coefficient (Wildman–Crippen LogP) is 4.41. The van der Waals surface area contributed by atoms with E-state index in [1.54, 1.807) is 35.2 Å². The van der Waals surface area contributed by atoms with Crippen LogP contribution in [0.1, 0.15) is 51.3 Å². The van der Waals surface area contributed by atoms with Crippen LogP contribution >= 0.6 is 0 Å². The quantitative estimate of drug-likeness (QED) is 0.241. The Labute approximate surface area is 229 Å². The standard InChI is InChI=1S/C30H38N2O7/c1-5-15-37-22-11-9-20(18-24(22)36-8-4)27-26(29(34)30(35)32(27)14-13-31(6-2)7-3)28(33)21-10-12-23-25(19-21)39-17-16-38-23/h9-12,18-19,27,33H,5-8,13-17H2,1-4H3/t27-/m1/s1. The van der Waals surface area contributed by atoms with Crippen molar-refractivity contribution in [2.45, 2.75) is 40.2 Å². The molecule has 4 rings (SSSR count). The van der Waals surface area contributed by atoms with Crippen LogP contribution in [0.25, 0.3) is 5.76 Å². The molecule has 9 nitrogen and oxygen atoms in total. The van der Waals surface area contributed by atoms with Gasteiger partial charge < -0.3 is 33.9 Å². The van der Waals surface area contributed by atoms with Crippen molar-refractivity contribution in [3.8, 4) is 23.0 Å². The van der Waals surface area contributed by atoms with E-state index in [-0.39, 0.29) is 11.3 Å². The van der Waals surface area contributed by atoms with Gasteiger partial charge >= 0.3 is 0 Å². The van der Waals surface area contributed by atoms with Crippen LogP contribution in [-0.4, -0.2) is 79.2 Å². The van der Waals surface area contributed by atoms with Crippen LogP contribution in [0.15, 0.2) is 42.0 Å². The van der Waals surface area contributed by atoms with E-state index in [2.05, 4.69) is 18.7 Å². The molecule has 1 amide bonds. The number of aliphatic hydroxyl groups is 1. The highest BCUT2D eigenvalue weighted by molar-refractivity contribution is 6.46. The molecule has 9 heteroatoms. The molecule has 2 aromatic rings. The zero-order valence-corrected chi connectivity index (χ0v) is 23.2. The zero-order chi connectivity index (χ0) is 27.9. The fourth-order valence-corrected chi connectivity index (χ4v) is 4.89. The number of ketones is 1. The van der Waals surface area contributed by atoms with Crippen molar-refractivity contribution in [3.05, 3.63) is 53.1 Å². The lowest BCUT2D eigenvalue weighted by Crippen LogP contribution is -2.38. The largest absolute Gasteiger partial charge is 0.507 e. The second-order valence-corrected chi connectivity index (χ2v) is 9.37. The number of fused-ring (bicyclic) bond motifs is 1. The van der Waals surface area contributed by atoms with Gasteiger partial charge in [0.05, 0.1) is 24.8 Å². The molecule has 2 aromatic carbocycles. The van der Waals surface area contributed by atoms with E-state index in [0.29, 0.717) is 73.6 Å². The first kappa shape index (κ1) is 28.3. The summed E-state index contributed by atoms with van der Waals surface area (Å²) in [7, 11) is 0. The van der Waals surface area contributed by atoms with Gasteiger partial charge in [-0.05, 0) is 62.3 Å². The Kier molecular flexibility index (Phi) is 9.35. The Balaban J connectivity index is 1.81. The lowest BCUT2D eigenvalue weighted by Gasteiger charge is -2.28. The number of rotatable bonds is 12. The molecule has 2 aliphatic rings. The number of nitrogens with zero attached hydrogens (tertiary/aromatic N) is 2. The molecule has 0 spiro atoms. The summed E-state index contributed by atoms with van der Waals surface area (Å²) >= 11 is 0. The molecule has 210 valence electrons. The summed E-state index contributed by atoms with van der Waals surface area (Å²) in [5.74, 6) is 0.537. The molecule has 0 aliphatic carbocycles. The SMILES string of the molecule is CCCOc1ccc([C@@H]2C(=C(O)c3ccc4c(c3)OCCO4)C(=O)C(=O)N2CCN(CC)CC)cc1OCC. The third kappa shape index (κ3) is 5.98. The number of carbonyl (C=O) groups is 2. The monoisotopic (exact) mass is 538 g/mol. The van der Waals surface area contributed by atoms with Gasteiger partial charge in [-0.25, -0.2) is 0 Å². The molecule has 1 N–H and O–H groups in total. The molecule has 0 radical (unpaired) electrons. The van der Waals surface area contributed by atoms with Crippen LogP contribution in [0.4, 0.5) is 0 Å². The van der Waals surface area contributed by atoms with Crippen molar-refractivity contribution >= 4 is 17.4 Å². The van der Waals surface area contributed by atoms with E-state index < -0.39 is 17.7 Å². The van der Waals surface area contributed by atoms with Crippen molar-refractivity contribution in [3.63, 3.8) is 0 Å². The maximum absolute atomic E-state index is 13.5. The van der Waals surface area contributed by atoms with Crippen molar-refractivity contribution < 1.29 is 33.6 Å². The van der Waals surface area contributed by atoms with Gasteiger partial charge in [-0.1, -0.05) is 26.8 Å². The molecule has 1 atom stereocenters. The molecule has 39 heavy (non-hydrogen) atoms. The molecular formula is C30H38N2O7. The average molecular weight is 539 g/mol. The van der Waals surface area contributed by atoms with Crippen LogP contribution in [0.2, 0.25) is 0 Å². The number of hydrogen-bond donors (Lipinski definition) is 1. The van der Waals surface area contributed by atoms with Gasteiger partial charge in [-0.15, -0.1) is 0 Å². The number of likely N-dealkylation sites (tertiary alicyclic amines) is 1. The minimum Gasteiger partial charge on any atom is -0.507 e. The van der Waals surface area contributed by atoms with Gasteiger partial charge in [0.2, 0.25) is 0 Å². The number of likely N-dealkylation sites (N-methyl/N-ethyl adjacent to an activating group) is 1. The second-order valence-electron chi connectivity index (χ2n) is 9.37. The van der Waals surface area contributed by atoms with Gasteiger partial charge in [0, 0.05) is 18.7 Å². The summed E-state index contributed by atoms with van der Waals surface area (Å²) < 4.78 is 23.0. The molecule has 0 bridgehead atoms. The molecule has 2 aliphatic heterocycles. The third-order valence-corrected chi connectivity index (χ3v) is 6.95. The summed E-state index contributed by atoms with van der Waals surface area (Å²) in [5, 5.41) is 11.5. The second kappa shape index (κ2) is 12.9. The number of amides is 1. The number of hydrogen-bond acceptors (Lipinski definition) is 8. The summed E-state index contributed by atoms with van der Waals surface area (Å²) in [6, 6.07) is 9.62. The molecule has 1 fully saturated rings. The Bertz CT molecular complexity index is 1220. The number of ether oxygens (including phenoxy) is 4. The Morgan fingerprint density at radius 3 is 2.41 bits per heavy atom. The maximum atomic E-state index is 13.5. The van der Waals surface area contributed by atoms with E-state index in [0.717, 1.165) is 19.5 Å². The van der Waals surface area contributed by atoms with Gasteiger partial charge in [0.15, 0.2) is 23.0 Å². The number of benzene rings is 2. The Hall–Kier alpha value is -3.72. The molecular weight excluding hydrogens is 500 g/mol. The predicted molar refractivity (Wildman–Crippen MR) is 148 cm³/mol. The first-order valence-corrected chi connectivity index (χ1v) is 13.7. The van der Waals surface area contributed by atoms with Crippen LogP contribution in [0.5, 0.6) is 23.0 Å². The topological polar surface area (TPSA) is 97.8 Å². The van der Waals surface area contributed by atoms with Crippen LogP contribution in [0.3, 0.4) is 0 Å². The first-order valence-electron chi connectivity index (χ1n) is 13.7. The zero-order valence-electron chi connectivity index (χ0n) is 23.2. The number of carbonyl (C=O) groups excluding carboxylic acids is 2. The highest BCUT2D eigenvalue weighted by atomic mass is 16.6. The van der Waals surface area contributed by atoms with Crippen molar-refractivity contribution in [2.24, 2.45) is 0 Å². The van der Waals surface area contributed by atoms with E-state index in [1.807, 2.05) is 19.9 Å². The fraction of sp³-hybridized carbons (Fsp3) is 0.467. The van der Waals surface area contributed by atoms with Crippen molar-refractivity contribution in [2.75, 3.05) is 52.6 Å². The molecule has 0 unspecified atom stereocenters. The van der Waals surface area contributed by atoms with Gasteiger partial charge in [0.1, 0.15) is 19.0 Å².